The average molecular weight is 200 g/mol. The first-order valence-corrected chi connectivity index (χ1v) is 5.24. The summed E-state index contributed by atoms with van der Waals surface area (Å²) in [4.78, 5) is 0. The van der Waals surface area contributed by atoms with Gasteiger partial charge in [-0.1, -0.05) is 19.1 Å². The van der Waals surface area contributed by atoms with Crippen LogP contribution >= 0.6 is 0 Å². The Kier molecular flexibility index (Phi) is 2.75. The summed E-state index contributed by atoms with van der Waals surface area (Å²) in [5.74, 6) is 1.51. The summed E-state index contributed by atoms with van der Waals surface area (Å²) in [5, 5.41) is 18.1. The number of rotatable bonds is 3. The van der Waals surface area contributed by atoms with Crippen LogP contribution in [0, 0.1) is 17.2 Å². The van der Waals surface area contributed by atoms with Gasteiger partial charge in [0.1, 0.15) is 0 Å². The van der Waals surface area contributed by atoms with Gasteiger partial charge in [-0.2, -0.15) is 5.26 Å². The second-order valence-corrected chi connectivity index (χ2v) is 4.13. The molecule has 0 atom stereocenters. The van der Waals surface area contributed by atoms with Crippen molar-refractivity contribution in [2.75, 3.05) is 6.61 Å². The van der Waals surface area contributed by atoms with E-state index in [1.165, 1.54) is 18.4 Å². The molecule has 15 heavy (non-hydrogen) atoms. The molecule has 2 nitrogen and oxygen atoms in total. The molecule has 1 fully saturated rings. The topological polar surface area (TPSA) is 44.0 Å². The van der Waals surface area contributed by atoms with Crippen LogP contribution in [0.1, 0.15) is 42.4 Å². The highest BCUT2D eigenvalue weighted by atomic mass is 16.3. The van der Waals surface area contributed by atoms with E-state index in [4.69, 9.17) is 10.4 Å². The molecular weight excluding hydrogens is 186 g/mol. The number of nitrogens with zero attached hydrogens (tertiary/aromatic N) is 1. The van der Waals surface area contributed by atoms with Gasteiger partial charge in [0.15, 0.2) is 0 Å². The first kappa shape index (κ1) is 10.2. The van der Waals surface area contributed by atoms with E-state index in [2.05, 4.69) is 6.07 Å². The lowest BCUT2D eigenvalue weighted by molar-refractivity contribution is 0.315. The van der Waals surface area contributed by atoms with Crippen molar-refractivity contribution in [2.24, 2.45) is 0 Å². The van der Waals surface area contributed by atoms with Crippen LogP contribution in [0.5, 0.6) is 0 Å². The molecule has 0 aromatic heterocycles. The number of aliphatic hydroxyl groups excluding tert-OH is 1. The SMILES string of the molecule is C[C](CO)c1ccc(C2CC2)c(C#N)c1. The number of hydrogen-bond donors (Lipinski definition) is 1. The van der Waals surface area contributed by atoms with Crippen LogP contribution in [0.15, 0.2) is 18.2 Å². The van der Waals surface area contributed by atoms with Crippen molar-refractivity contribution in [1.82, 2.24) is 0 Å². The number of aliphatic hydroxyl groups is 1. The van der Waals surface area contributed by atoms with Gasteiger partial charge in [-0.3, -0.25) is 0 Å². The molecule has 1 N–H and O–H groups in total. The Balaban J connectivity index is 2.34. The van der Waals surface area contributed by atoms with Crippen molar-refractivity contribution in [3.8, 4) is 6.07 Å². The fraction of sp³-hybridized carbons (Fsp3) is 0.385. The summed E-state index contributed by atoms with van der Waals surface area (Å²) in [7, 11) is 0. The lowest BCUT2D eigenvalue weighted by atomic mass is 9.95. The third kappa shape index (κ3) is 2.03. The molecule has 1 aromatic carbocycles. The Hall–Kier alpha value is -1.33. The predicted octanol–water partition coefficient (Wildman–Crippen LogP) is 2.37. The van der Waals surface area contributed by atoms with E-state index in [9.17, 15) is 0 Å². The lowest BCUT2D eigenvalue weighted by Gasteiger charge is -2.10. The zero-order chi connectivity index (χ0) is 10.8. The minimum atomic E-state index is 0.0492. The standard InChI is InChI=1S/C13H14NO/c1-9(8-15)11-4-5-13(10-2-3-10)12(6-11)7-14/h4-6,10,15H,2-3,8H2,1H3. The fourth-order valence-electron chi connectivity index (χ4n) is 1.76. The van der Waals surface area contributed by atoms with Crippen LogP contribution < -0.4 is 0 Å². The molecule has 1 aliphatic carbocycles. The molecule has 2 rings (SSSR count). The number of hydrogen-bond acceptors (Lipinski definition) is 2. The largest absolute Gasteiger partial charge is 0.395 e. The smallest absolute Gasteiger partial charge is 0.0994 e. The number of benzene rings is 1. The lowest BCUT2D eigenvalue weighted by Crippen LogP contribution is -2.01. The molecule has 0 unspecified atom stereocenters. The van der Waals surface area contributed by atoms with Crippen molar-refractivity contribution in [1.29, 1.82) is 5.26 Å². The summed E-state index contributed by atoms with van der Waals surface area (Å²) in [6, 6.07) is 8.16. The van der Waals surface area contributed by atoms with Gasteiger partial charge in [-0.05, 0) is 36.0 Å². The highest BCUT2D eigenvalue weighted by molar-refractivity contribution is 5.47. The molecule has 0 heterocycles. The molecule has 0 bridgehead atoms. The minimum absolute atomic E-state index is 0.0492. The molecular formula is C13H14NO. The summed E-state index contributed by atoms with van der Waals surface area (Å²) < 4.78 is 0. The first-order valence-electron chi connectivity index (χ1n) is 5.24. The predicted molar refractivity (Wildman–Crippen MR) is 58.2 cm³/mol. The molecule has 1 saturated carbocycles. The monoisotopic (exact) mass is 200 g/mol. The molecule has 2 heteroatoms. The summed E-state index contributed by atoms with van der Waals surface area (Å²) in [6.45, 7) is 1.93. The third-order valence-electron chi connectivity index (χ3n) is 2.92. The Morgan fingerprint density at radius 1 is 1.53 bits per heavy atom. The molecule has 0 saturated heterocycles. The van der Waals surface area contributed by atoms with E-state index < -0.39 is 0 Å². The van der Waals surface area contributed by atoms with Gasteiger partial charge < -0.3 is 5.11 Å². The second kappa shape index (κ2) is 4.04. The van der Waals surface area contributed by atoms with E-state index in [-0.39, 0.29) is 6.61 Å². The Labute approximate surface area is 90.2 Å². The Morgan fingerprint density at radius 2 is 2.27 bits per heavy atom. The van der Waals surface area contributed by atoms with Crippen molar-refractivity contribution >= 4 is 0 Å². The zero-order valence-electron chi connectivity index (χ0n) is 8.83. The van der Waals surface area contributed by atoms with Crippen LogP contribution in [-0.4, -0.2) is 11.7 Å². The van der Waals surface area contributed by atoms with Gasteiger partial charge in [-0.15, -0.1) is 0 Å². The van der Waals surface area contributed by atoms with Gasteiger partial charge in [0.25, 0.3) is 0 Å². The van der Waals surface area contributed by atoms with Crippen molar-refractivity contribution in [3.05, 3.63) is 40.8 Å². The molecule has 1 aromatic rings. The maximum Gasteiger partial charge on any atom is 0.0994 e. The maximum atomic E-state index is 9.05. The highest BCUT2D eigenvalue weighted by Gasteiger charge is 2.26. The van der Waals surface area contributed by atoms with Crippen molar-refractivity contribution < 1.29 is 5.11 Å². The molecule has 0 spiro atoms. The quantitative estimate of drug-likeness (QED) is 0.814. The minimum Gasteiger partial charge on any atom is -0.395 e. The van der Waals surface area contributed by atoms with E-state index in [1.807, 2.05) is 25.1 Å². The van der Waals surface area contributed by atoms with E-state index in [0.717, 1.165) is 17.0 Å². The first-order chi connectivity index (χ1) is 7.26. The van der Waals surface area contributed by atoms with Gasteiger partial charge >= 0.3 is 0 Å². The molecule has 1 aliphatic rings. The molecule has 77 valence electrons. The highest BCUT2D eigenvalue weighted by Crippen LogP contribution is 2.41. The third-order valence-corrected chi connectivity index (χ3v) is 2.92. The molecule has 0 aliphatic heterocycles. The zero-order valence-corrected chi connectivity index (χ0v) is 8.83. The summed E-state index contributed by atoms with van der Waals surface area (Å²) >= 11 is 0. The summed E-state index contributed by atoms with van der Waals surface area (Å²) in [6.07, 6.45) is 2.41. The Bertz CT molecular complexity index is 401. The average Bonchev–Trinajstić information content (AvgIpc) is 3.11. The molecule has 0 amide bonds. The summed E-state index contributed by atoms with van der Waals surface area (Å²) in [5.41, 5.74) is 2.91. The van der Waals surface area contributed by atoms with Gasteiger partial charge in [0, 0.05) is 5.92 Å². The van der Waals surface area contributed by atoms with Crippen molar-refractivity contribution in [3.63, 3.8) is 0 Å². The van der Waals surface area contributed by atoms with E-state index in [0.29, 0.717) is 5.92 Å². The molecule has 1 radical (unpaired) electrons. The fourth-order valence-corrected chi connectivity index (χ4v) is 1.76. The van der Waals surface area contributed by atoms with Crippen molar-refractivity contribution in [2.45, 2.75) is 25.7 Å². The van der Waals surface area contributed by atoms with Crippen LogP contribution in [0.2, 0.25) is 0 Å². The van der Waals surface area contributed by atoms with Gasteiger partial charge in [0.2, 0.25) is 0 Å². The Morgan fingerprint density at radius 3 is 2.80 bits per heavy atom. The second-order valence-electron chi connectivity index (χ2n) is 4.13. The number of nitriles is 1. The van der Waals surface area contributed by atoms with Crippen LogP contribution in [-0.2, 0) is 0 Å². The van der Waals surface area contributed by atoms with E-state index >= 15 is 0 Å². The van der Waals surface area contributed by atoms with Crippen LogP contribution in [0.3, 0.4) is 0 Å². The van der Waals surface area contributed by atoms with E-state index in [1.54, 1.807) is 0 Å². The van der Waals surface area contributed by atoms with Crippen LogP contribution in [0.4, 0.5) is 0 Å². The normalized spacial score (nSPS) is 15.3. The van der Waals surface area contributed by atoms with Gasteiger partial charge in [-0.25, -0.2) is 0 Å². The maximum absolute atomic E-state index is 9.05. The van der Waals surface area contributed by atoms with Gasteiger partial charge in [0.05, 0.1) is 18.2 Å². The van der Waals surface area contributed by atoms with Crippen LogP contribution in [0.25, 0.3) is 0 Å².